The number of anilines is 6. The number of carbonyl (C=O) groups is 4. The number of carbonyl (C=O) groups excluding carboxylic acids is 4. The quantitative estimate of drug-likeness (QED) is 0.0816. The predicted octanol–water partition coefficient (Wildman–Crippen LogP) is 6.39. The molecule has 6 heterocycles. The van der Waals surface area contributed by atoms with Crippen LogP contribution in [0.5, 0.6) is 5.75 Å². The maximum absolute atomic E-state index is 13.6. The van der Waals surface area contributed by atoms with Gasteiger partial charge in [0, 0.05) is 107 Å². The SMILES string of the molecule is CCc1cc(Nc2ncc(Br)c(Nc3ccc4nccnc4c3P(C)(C)=O)n2)c(OC)cc1N1CCC(N2CCN(C[C@H]3C[C@H](N(C)c4ccc5c(c4)C(=O)N(C4CCC(=O)NC4=O)C5=O)C3)CC2)CC1. The molecule has 3 N–H and O–H groups in total. The number of methoxy groups -OCH3 is 1. The Kier molecular flexibility index (Phi) is 13.6. The Hall–Kier alpha value is -6.01. The van der Waals surface area contributed by atoms with Crippen molar-refractivity contribution < 1.29 is 28.5 Å². The number of piperazine rings is 1. The topological polar surface area (TPSA) is 198 Å². The first-order valence-electron chi connectivity index (χ1n) is 24.5. The molecule has 0 radical (unpaired) electrons. The van der Waals surface area contributed by atoms with Crippen molar-refractivity contribution in [3.05, 3.63) is 82.2 Å². The molecule has 1 aliphatic carbocycles. The highest BCUT2D eigenvalue weighted by atomic mass is 79.9. The lowest BCUT2D eigenvalue weighted by atomic mass is 9.78. The Morgan fingerprint density at radius 2 is 1.62 bits per heavy atom. The van der Waals surface area contributed by atoms with Crippen LogP contribution in [0.15, 0.2) is 65.5 Å². The lowest BCUT2D eigenvalue weighted by Crippen LogP contribution is -2.55. The number of rotatable bonds is 14. The third kappa shape index (κ3) is 9.73. The second-order valence-electron chi connectivity index (χ2n) is 19.7. The van der Waals surface area contributed by atoms with E-state index in [0.29, 0.717) is 73.1 Å². The molecular formula is C51H60BrN12O6P. The van der Waals surface area contributed by atoms with E-state index in [9.17, 15) is 23.7 Å². The van der Waals surface area contributed by atoms with Crippen LogP contribution < -0.4 is 35.8 Å². The van der Waals surface area contributed by atoms with Crippen LogP contribution in [0.1, 0.15) is 71.7 Å². The average molecular weight is 1050 g/mol. The van der Waals surface area contributed by atoms with Crippen LogP contribution in [0, 0.1) is 5.92 Å². The summed E-state index contributed by atoms with van der Waals surface area (Å²) in [7, 11) is 0.950. The smallest absolute Gasteiger partial charge is 0.262 e. The van der Waals surface area contributed by atoms with Crippen LogP contribution in [-0.4, -0.2) is 150 Å². The lowest BCUT2D eigenvalue weighted by Gasteiger charge is -2.47. The molecule has 71 heavy (non-hydrogen) atoms. The molecule has 2 aromatic heterocycles. The van der Waals surface area contributed by atoms with Crippen LogP contribution >= 0.6 is 23.1 Å². The summed E-state index contributed by atoms with van der Waals surface area (Å²) in [5, 5.41) is 9.67. The molecule has 5 aliphatic rings. The van der Waals surface area contributed by atoms with Gasteiger partial charge in [-0.3, -0.25) is 44.3 Å². The zero-order chi connectivity index (χ0) is 49.7. The number of amides is 4. The maximum atomic E-state index is 13.6. The van der Waals surface area contributed by atoms with E-state index in [0.717, 1.165) is 94.2 Å². The van der Waals surface area contributed by atoms with E-state index >= 15 is 0 Å². The molecule has 18 nitrogen and oxygen atoms in total. The number of nitrogens with zero attached hydrogens (tertiary/aromatic N) is 9. The Labute approximate surface area is 421 Å². The number of aromatic nitrogens is 4. The van der Waals surface area contributed by atoms with Crippen molar-refractivity contribution in [2.24, 2.45) is 5.92 Å². The summed E-state index contributed by atoms with van der Waals surface area (Å²) in [6.45, 7) is 12.9. The molecule has 10 rings (SSSR count). The van der Waals surface area contributed by atoms with E-state index in [1.807, 2.05) is 25.2 Å². The molecule has 4 amide bonds. The van der Waals surface area contributed by atoms with E-state index in [4.69, 9.17) is 9.72 Å². The number of piperidine rings is 2. The second kappa shape index (κ2) is 19.9. The fourth-order valence-corrected chi connectivity index (χ4v) is 12.8. The average Bonchev–Trinajstić information content (AvgIpc) is 3.60. The van der Waals surface area contributed by atoms with Gasteiger partial charge in [0.1, 0.15) is 30.3 Å². The van der Waals surface area contributed by atoms with Crippen molar-refractivity contribution in [1.29, 1.82) is 0 Å². The molecule has 4 fully saturated rings. The van der Waals surface area contributed by atoms with Gasteiger partial charge >= 0.3 is 0 Å². The highest BCUT2D eigenvalue weighted by molar-refractivity contribution is 9.10. The number of aryl methyl sites for hydroxylation is 1. The van der Waals surface area contributed by atoms with E-state index in [1.165, 1.54) is 11.3 Å². The fourth-order valence-electron chi connectivity index (χ4n) is 11.1. The van der Waals surface area contributed by atoms with Crippen LogP contribution in [0.2, 0.25) is 0 Å². The summed E-state index contributed by atoms with van der Waals surface area (Å²) in [5.41, 5.74) is 6.57. The summed E-state index contributed by atoms with van der Waals surface area (Å²) in [4.78, 5) is 80.2. The minimum Gasteiger partial charge on any atom is -0.494 e. The van der Waals surface area contributed by atoms with Crippen molar-refractivity contribution >= 4 is 97.6 Å². The van der Waals surface area contributed by atoms with Crippen molar-refractivity contribution in [1.82, 2.24) is 40.0 Å². The molecule has 20 heteroatoms. The molecule has 0 bridgehead atoms. The van der Waals surface area contributed by atoms with Gasteiger partial charge in [0.2, 0.25) is 17.8 Å². The highest BCUT2D eigenvalue weighted by Crippen LogP contribution is 2.43. The third-order valence-corrected chi connectivity index (χ3v) is 17.1. The van der Waals surface area contributed by atoms with Gasteiger partial charge in [0.05, 0.1) is 44.9 Å². The highest BCUT2D eigenvalue weighted by Gasteiger charge is 2.45. The summed E-state index contributed by atoms with van der Waals surface area (Å²) >= 11 is 3.60. The summed E-state index contributed by atoms with van der Waals surface area (Å²) in [5.74, 6) is 0.234. The van der Waals surface area contributed by atoms with Gasteiger partial charge in [-0.25, -0.2) is 4.98 Å². The Morgan fingerprint density at radius 1 is 0.873 bits per heavy atom. The second-order valence-corrected chi connectivity index (χ2v) is 23.7. The van der Waals surface area contributed by atoms with E-state index in [1.54, 1.807) is 51.2 Å². The van der Waals surface area contributed by atoms with Crippen LogP contribution in [0.3, 0.4) is 0 Å². The monoisotopic (exact) mass is 1050 g/mol. The first-order valence-corrected chi connectivity index (χ1v) is 27.9. The number of imide groups is 2. The van der Waals surface area contributed by atoms with Gasteiger partial charge in [-0.15, -0.1) is 0 Å². The molecule has 1 atom stereocenters. The largest absolute Gasteiger partial charge is 0.494 e. The van der Waals surface area contributed by atoms with Crippen molar-refractivity contribution in [2.75, 3.05) is 93.7 Å². The van der Waals surface area contributed by atoms with Gasteiger partial charge in [0.25, 0.3) is 11.8 Å². The number of nitrogens with one attached hydrogen (secondary N) is 3. The summed E-state index contributed by atoms with van der Waals surface area (Å²) in [6.07, 6.45) is 10.3. The van der Waals surface area contributed by atoms with Gasteiger partial charge < -0.3 is 34.6 Å². The van der Waals surface area contributed by atoms with Crippen molar-refractivity contribution in [3.8, 4) is 5.75 Å². The number of benzene rings is 3. The zero-order valence-corrected chi connectivity index (χ0v) is 43.3. The molecule has 1 saturated carbocycles. The maximum Gasteiger partial charge on any atom is 0.262 e. The number of fused-ring (bicyclic) bond motifs is 2. The minimum atomic E-state index is -2.78. The zero-order valence-electron chi connectivity index (χ0n) is 40.8. The van der Waals surface area contributed by atoms with Crippen LogP contribution in [0.25, 0.3) is 11.0 Å². The van der Waals surface area contributed by atoms with Gasteiger partial charge in [-0.1, -0.05) is 6.92 Å². The molecule has 3 saturated heterocycles. The third-order valence-electron chi connectivity index (χ3n) is 15.0. The molecule has 372 valence electrons. The van der Waals surface area contributed by atoms with Crippen molar-refractivity contribution in [2.45, 2.75) is 70.0 Å². The Balaban J connectivity index is 0.705. The van der Waals surface area contributed by atoms with E-state index in [-0.39, 0.29) is 18.7 Å². The number of hydrogen-bond acceptors (Lipinski definition) is 16. The molecule has 1 unspecified atom stereocenters. The fraction of sp³-hybridized carbons (Fsp3) is 0.451. The number of hydrogen-bond donors (Lipinski definition) is 3. The van der Waals surface area contributed by atoms with Crippen LogP contribution in [-0.2, 0) is 20.6 Å². The van der Waals surface area contributed by atoms with Crippen LogP contribution in [0.4, 0.5) is 34.5 Å². The predicted molar refractivity (Wildman–Crippen MR) is 279 cm³/mol. The first-order chi connectivity index (χ1) is 34.2. The Morgan fingerprint density at radius 3 is 2.34 bits per heavy atom. The van der Waals surface area contributed by atoms with Gasteiger partial charge in [-0.2, -0.15) is 4.98 Å². The molecular weight excluding hydrogens is 988 g/mol. The normalized spacial score (nSPS) is 21.3. The molecule has 4 aliphatic heterocycles. The first kappa shape index (κ1) is 48.6. The molecule has 3 aromatic carbocycles. The summed E-state index contributed by atoms with van der Waals surface area (Å²) < 4.78 is 20.2. The molecule has 0 spiro atoms. The van der Waals surface area contributed by atoms with Crippen molar-refractivity contribution in [3.63, 3.8) is 0 Å². The number of halogens is 1. The lowest BCUT2D eigenvalue weighted by molar-refractivity contribution is -0.136. The van der Waals surface area contributed by atoms with E-state index in [2.05, 4.69) is 85.5 Å². The minimum absolute atomic E-state index is 0.0942. The summed E-state index contributed by atoms with van der Waals surface area (Å²) in [6, 6.07) is 13.3. The van der Waals surface area contributed by atoms with Gasteiger partial charge in [-0.05, 0) is 116 Å². The number of ether oxygens (including phenoxy) is 1. The van der Waals surface area contributed by atoms with Gasteiger partial charge in [0.15, 0.2) is 0 Å². The standard InChI is InChI=1S/C51H60BrN12O6P/c1-6-31-25-40(57-51-55-28-37(52)47(59-51)56-39-10-9-38-45(54-16-15-53-38)46(39)71(4,5)69)43(70-3)27-42(31)63-17-13-32(14-18-63)62-21-19-61(20-22-62)29-30-23-34(24-30)60(2)33-7-8-35-36(26-33)50(68)64(49(35)67)41-11-12-44(65)58-48(41)66/h7-10,15-16,25-28,30,32,34,41H,6,11-14,17-24,29H2,1-5H3,(H,58,65,66)(H2,55,56,57,59)/t30-,34-,41?. The Bertz CT molecular complexity index is 2970. The molecule has 5 aromatic rings. The van der Waals surface area contributed by atoms with E-state index < -0.39 is 30.9 Å².